The Morgan fingerprint density at radius 3 is 2.50 bits per heavy atom. The molecule has 2 heterocycles. The average molecular weight is 372 g/mol. The Kier molecular flexibility index (Phi) is 5.16. The summed E-state index contributed by atoms with van der Waals surface area (Å²) in [7, 11) is 0. The molecule has 2 bridgehead atoms. The van der Waals surface area contributed by atoms with Crippen LogP contribution in [-0.2, 0) is 11.2 Å². The number of benzene rings is 1. The van der Waals surface area contributed by atoms with E-state index in [0.717, 1.165) is 42.9 Å². The molecule has 5 heteroatoms. The zero-order valence-electron chi connectivity index (χ0n) is 15.5. The standard InChI is InChI=1S/C21H29N3OS/c1-2-14-6-3-4-9-19(14)23-21(26)24-17-7-5-8-18(24)13-16(12-17)22-20(25)15-10-11-15/h3-4,6,9,15-18H,2,5,7-8,10-13H2,1H3,(H,22,25)(H,23,26)/t17-,18-/m0/s1. The van der Waals surface area contributed by atoms with Gasteiger partial charge in [-0.15, -0.1) is 0 Å². The molecule has 2 saturated heterocycles. The summed E-state index contributed by atoms with van der Waals surface area (Å²) in [5.41, 5.74) is 2.42. The van der Waals surface area contributed by atoms with Crippen LogP contribution in [0.5, 0.6) is 0 Å². The van der Waals surface area contributed by atoms with Crippen molar-refractivity contribution in [1.82, 2.24) is 10.2 Å². The molecule has 0 spiro atoms. The molecule has 2 atom stereocenters. The number of carbonyl (C=O) groups is 1. The maximum Gasteiger partial charge on any atom is 0.223 e. The number of nitrogens with zero attached hydrogens (tertiary/aromatic N) is 1. The minimum atomic E-state index is 0.277. The van der Waals surface area contributed by atoms with E-state index in [1.54, 1.807) is 0 Å². The van der Waals surface area contributed by atoms with Crippen LogP contribution in [0, 0.1) is 5.92 Å². The van der Waals surface area contributed by atoms with Gasteiger partial charge in [0.1, 0.15) is 0 Å². The molecule has 26 heavy (non-hydrogen) atoms. The number of thiocarbonyl (C=S) groups is 1. The van der Waals surface area contributed by atoms with E-state index in [4.69, 9.17) is 12.2 Å². The number of hydrogen-bond donors (Lipinski definition) is 2. The molecule has 140 valence electrons. The molecule has 0 unspecified atom stereocenters. The average Bonchev–Trinajstić information content (AvgIpc) is 3.46. The Balaban J connectivity index is 1.43. The number of piperidine rings is 2. The molecular weight excluding hydrogens is 342 g/mol. The fourth-order valence-electron chi connectivity index (χ4n) is 4.63. The summed E-state index contributed by atoms with van der Waals surface area (Å²) in [5, 5.41) is 7.68. The summed E-state index contributed by atoms with van der Waals surface area (Å²) < 4.78 is 0. The van der Waals surface area contributed by atoms with E-state index in [9.17, 15) is 4.79 Å². The Morgan fingerprint density at radius 1 is 1.15 bits per heavy atom. The van der Waals surface area contributed by atoms with Crippen LogP contribution in [0.15, 0.2) is 24.3 Å². The SMILES string of the molecule is CCc1ccccc1NC(=S)N1[C@H]2CCC[C@H]1CC(NC(=O)C1CC1)C2. The normalized spacial score (nSPS) is 27.7. The van der Waals surface area contributed by atoms with Crippen LogP contribution in [-0.4, -0.2) is 34.0 Å². The van der Waals surface area contributed by atoms with Crippen molar-refractivity contribution in [3.05, 3.63) is 29.8 Å². The predicted molar refractivity (Wildman–Crippen MR) is 109 cm³/mol. The Morgan fingerprint density at radius 2 is 1.85 bits per heavy atom. The van der Waals surface area contributed by atoms with Crippen molar-refractivity contribution in [2.75, 3.05) is 5.32 Å². The second-order valence-corrected chi connectivity index (χ2v) is 8.42. The van der Waals surface area contributed by atoms with E-state index in [1.165, 1.54) is 24.8 Å². The molecule has 1 aromatic rings. The highest BCUT2D eigenvalue weighted by Gasteiger charge is 2.41. The van der Waals surface area contributed by atoms with Gasteiger partial charge in [-0.05, 0) is 75.2 Å². The maximum atomic E-state index is 12.2. The molecule has 0 aromatic heterocycles. The number of hydrogen-bond acceptors (Lipinski definition) is 2. The highest BCUT2D eigenvalue weighted by molar-refractivity contribution is 7.80. The molecule has 2 N–H and O–H groups in total. The summed E-state index contributed by atoms with van der Waals surface area (Å²) in [5.74, 6) is 0.570. The summed E-state index contributed by atoms with van der Waals surface area (Å²) in [4.78, 5) is 14.6. The lowest BCUT2D eigenvalue weighted by atomic mass is 9.82. The van der Waals surface area contributed by atoms with Crippen molar-refractivity contribution in [1.29, 1.82) is 0 Å². The smallest absolute Gasteiger partial charge is 0.223 e. The molecule has 3 aliphatic rings. The minimum absolute atomic E-state index is 0.277. The van der Waals surface area contributed by atoms with Crippen molar-refractivity contribution in [3.63, 3.8) is 0 Å². The number of para-hydroxylation sites is 1. The number of carbonyl (C=O) groups excluding carboxylic acids is 1. The Hall–Kier alpha value is -1.62. The van der Waals surface area contributed by atoms with E-state index in [2.05, 4.69) is 46.7 Å². The number of aryl methyl sites for hydroxylation is 1. The summed E-state index contributed by atoms with van der Waals surface area (Å²) in [6.07, 6.45) is 8.79. The predicted octanol–water partition coefficient (Wildman–Crippen LogP) is 3.86. The van der Waals surface area contributed by atoms with E-state index >= 15 is 0 Å². The van der Waals surface area contributed by atoms with E-state index in [1.807, 2.05) is 0 Å². The molecule has 4 nitrogen and oxygen atoms in total. The lowest BCUT2D eigenvalue weighted by molar-refractivity contribution is -0.123. The topological polar surface area (TPSA) is 44.4 Å². The molecule has 1 saturated carbocycles. The molecule has 2 aliphatic heterocycles. The van der Waals surface area contributed by atoms with E-state index in [-0.39, 0.29) is 5.91 Å². The van der Waals surface area contributed by atoms with Crippen molar-refractivity contribution in [2.24, 2.45) is 5.92 Å². The first kappa shape index (κ1) is 17.8. The molecule has 3 fully saturated rings. The van der Waals surface area contributed by atoms with Crippen LogP contribution in [0.3, 0.4) is 0 Å². The van der Waals surface area contributed by atoms with E-state index < -0.39 is 0 Å². The number of nitrogens with one attached hydrogen (secondary N) is 2. The van der Waals surface area contributed by atoms with Gasteiger partial charge in [0, 0.05) is 29.7 Å². The molecule has 1 amide bonds. The van der Waals surface area contributed by atoms with Gasteiger partial charge in [0.15, 0.2) is 5.11 Å². The lowest BCUT2D eigenvalue weighted by Crippen LogP contribution is -2.59. The number of anilines is 1. The van der Waals surface area contributed by atoms with Crippen LogP contribution in [0.2, 0.25) is 0 Å². The maximum absolute atomic E-state index is 12.2. The first-order valence-corrected chi connectivity index (χ1v) is 10.5. The van der Waals surface area contributed by atoms with Gasteiger partial charge in [-0.25, -0.2) is 0 Å². The Bertz CT molecular complexity index is 674. The molecule has 4 rings (SSSR count). The summed E-state index contributed by atoms with van der Waals surface area (Å²) >= 11 is 5.82. The third kappa shape index (κ3) is 3.73. The van der Waals surface area contributed by atoms with Crippen molar-refractivity contribution in [2.45, 2.75) is 76.4 Å². The van der Waals surface area contributed by atoms with Gasteiger partial charge in [-0.1, -0.05) is 25.1 Å². The van der Waals surface area contributed by atoms with Crippen molar-refractivity contribution < 1.29 is 4.79 Å². The minimum Gasteiger partial charge on any atom is -0.353 e. The number of rotatable bonds is 4. The zero-order valence-corrected chi connectivity index (χ0v) is 16.4. The van der Waals surface area contributed by atoms with Crippen LogP contribution in [0.4, 0.5) is 5.69 Å². The fourth-order valence-corrected chi connectivity index (χ4v) is 5.03. The quantitative estimate of drug-likeness (QED) is 0.789. The van der Waals surface area contributed by atoms with Crippen LogP contribution >= 0.6 is 12.2 Å². The van der Waals surface area contributed by atoms with Crippen molar-refractivity contribution in [3.8, 4) is 0 Å². The second-order valence-electron chi connectivity index (χ2n) is 8.04. The Labute approximate surface area is 161 Å². The van der Waals surface area contributed by atoms with Gasteiger partial charge in [0.25, 0.3) is 0 Å². The summed E-state index contributed by atoms with van der Waals surface area (Å²) in [6.45, 7) is 2.17. The first-order valence-electron chi connectivity index (χ1n) is 10.1. The van der Waals surface area contributed by atoms with Crippen LogP contribution in [0.1, 0.15) is 57.4 Å². The fraction of sp³-hybridized carbons (Fsp3) is 0.619. The van der Waals surface area contributed by atoms with Gasteiger partial charge in [0.2, 0.25) is 5.91 Å². The van der Waals surface area contributed by atoms with Crippen molar-refractivity contribution >= 4 is 28.9 Å². The van der Waals surface area contributed by atoms with Crippen LogP contribution in [0.25, 0.3) is 0 Å². The van der Waals surface area contributed by atoms with Gasteiger partial charge < -0.3 is 15.5 Å². The third-order valence-corrected chi connectivity index (χ3v) is 6.46. The highest BCUT2D eigenvalue weighted by atomic mass is 32.1. The lowest BCUT2D eigenvalue weighted by Gasteiger charge is -2.50. The monoisotopic (exact) mass is 371 g/mol. The molecular formula is C21H29N3OS. The summed E-state index contributed by atoms with van der Waals surface area (Å²) in [6, 6.07) is 9.62. The number of amides is 1. The highest BCUT2D eigenvalue weighted by Crippen LogP contribution is 2.36. The number of fused-ring (bicyclic) bond motifs is 2. The molecule has 1 aromatic carbocycles. The molecule has 0 radical (unpaired) electrons. The van der Waals surface area contributed by atoms with Gasteiger partial charge in [0.05, 0.1) is 0 Å². The first-order chi connectivity index (χ1) is 12.7. The van der Waals surface area contributed by atoms with Gasteiger partial charge in [-0.3, -0.25) is 4.79 Å². The van der Waals surface area contributed by atoms with Gasteiger partial charge >= 0.3 is 0 Å². The zero-order chi connectivity index (χ0) is 18.1. The van der Waals surface area contributed by atoms with Crippen LogP contribution < -0.4 is 10.6 Å². The third-order valence-electron chi connectivity index (χ3n) is 6.14. The van der Waals surface area contributed by atoms with E-state index in [0.29, 0.717) is 24.0 Å². The van der Waals surface area contributed by atoms with Gasteiger partial charge in [-0.2, -0.15) is 0 Å². The second kappa shape index (κ2) is 7.55. The largest absolute Gasteiger partial charge is 0.353 e. The molecule has 1 aliphatic carbocycles.